The van der Waals surface area contributed by atoms with Crippen LogP contribution in [-0.2, 0) is 10.1 Å². The zero-order valence-corrected chi connectivity index (χ0v) is 10.6. The Bertz CT molecular complexity index is 377. The minimum absolute atomic E-state index is 0.333. The van der Waals surface area contributed by atoms with Crippen LogP contribution in [0.15, 0.2) is 18.2 Å². The van der Waals surface area contributed by atoms with E-state index in [1.807, 2.05) is 13.0 Å². The highest BCUT2D eigenvalue weighted by molar-refractivity contribution is 7.09. The summed E-state index contributed by atoms with van der Waals surface area (Å²) in [6.07, 6.45) is 0.754. The number of methoxy groups -OCH3 is 1. The normalized spacial score (nSPS) is 14.2. The van der Waals surface area contributed by atoms with Crippen molar-refractivity contribution in [2.24, 2.45) is 5.73 Å². The van der Waals surface area contributed by atoms with E-state index >= 15 is 0 Å². The lowest BCUT2D eigenvalue weighted by atomic mass is 9.95. The molecule has 5 heteroatoms. The van der Waals surface area contributed by atoms with Crippen LogP contribution in [0.25, 0.3) is 0 Å². The van der Waals surface area contributed by atoms with Crippen LogP contribution < -0.4 is 10.5 Å². The van der Waals surface area contributed by atoms with Crippen molar-refractivity contribution in [2.75, 3.05) is 13.7 Å². The van der Waals surface area contributed by atoms with Gasteiger partial charge in [0.05, 0.1) is 12.7 Å². The lowest BCUT2D eigenvalue weighted by Crippen LogP contribution is -2.32. The molecule has 2 atom stereocenters. The van der Waals surface area contributed by atoms with Crippen LogP contribution >= 0.6 is 9.47 Å². The van der Waals surface area contributed by atoms with Crippen molar-refractivity contribution >= 4 is 15.8 Å². The largest absolute Gasteiger partial charge is 0.496 e. The Morgan fingerprint density at radius 2 is 2.25 bits per heavy atom. The Morgan fingerprint density at radius 1 is 1.56 bits per heavy atom. The summed E-state index contributed by atoms with van der Waals surface area (Å²) in [4.78, 5) is 10.7. The summed E-state index contributed by atoms with van der Waals surface area (Å²) in [5, 5.41) is 0. The summed E-state index contributed by atoms with van der Waals surface area (Å²) in [5.74, 6) is 0.522. The first-order valence-corrected chi connectivity index (χ1v) is 5.30. The van der Waals surface area contributed by atoms with Gasteiger partial charge < -0.3 is 15.0 Å². The zero-order valence-electron chi connectivity index (χ0n) is 9.40. The molecule has 0 saturated heterocycles. The third kappa shape index (κ3) is 2.40. The summed E-state index contributed by atoms with van der Waals surface area (Å²) in [6, 6.07) is 5.27. The quantitative estimate of drug-likeness (QED) is 0.626. The molecular weight excluding hydrogens is 225 g/mol. The van der Waals surface area contributed by atoms with Gasteiger partial charge in [-0.15, -0.1) is 0 Å². The first-order valence-electron chi connectivity index (χ1n) is 4.83. The summed E-state index contributed by atoms with van der Waals surface area (Å²) < 4.78 is 10.4. The average Bonchev–Trinajstić information content (AvgIpc) is 2.36. The fourth-order valence-electron chi connectivity index (χ4n) is 1.37. The van der Waals surface area contributed by atoms with Gasteiger partial charge in [-0.25, -0.2) is 0 Å². The van der Waals surface area contributed by atoms with Gasteiger partial charge in [0.2, 0.25) is 0 Å². The monoisotopic (exact) mass is 241 g/mol. The van der Waals surface area contributed by atoms with E-state index in [9.17, 15) is 4.79 Å². The molecule has 0 fully saturated rings. The molecule has 0 aliphatic rings. The average molecular weight is 241 g/mol. The first-order chi connectivity index (χ1) is 7.61. The Labute approximate surface area is 97.4 Å². The molecule has 0 radical (unpaired) electrons. The fourth-order valence-corrected chi connectivity index (χ4v) is 1.60. The van der Waals surface area contributed by atoms with E-state index in [1.54, 1.807) is 12.1 Å². The van der Waals surface area contributed by atoms with Gasteiger partial charge in [0.25, 0.3) is 0 Å². The topological polar surface area (TPSA) is 61.6 Å². The number of aldehydes is 1. The maximum Gasteiger partial charge on any atom is 0.153 e. The Kier molecular flexibility index (Phi) is 4.42. The van der Waals surface area contributed by atoms with Gasteiger partial charge in [-0.1, -0.05) is 6.07 Å². The number of nitrogens with two attached hydrogens (primary N) is 1. The van der Waals surface area contributed by atoms with Crippen LogP contribution in [0.3, 0.4) is 0 Å². The van der Waals surface area contributed by atoms with Crippen LogP contribution in [0.2, 0.25) is 0 Å². The summed E-state index contributed by atoms with van der Waals surface area (Å²) in [5.41, 5.74) is 6.44. The summed E-state index contributed by atoms with van der Waals surface area (Å²) in [6.45, 7) is 2.20. The predicted molar refractivity (Wildman–Crippen MR) is 65.6 cm³/mol. The third-order valence-electron chi connectivity index (χ3n) is 2.62. The summed E-state index contributed by atoms with van der Waals surface area (Å²) in [7, 11) is 3.73. The molecule has 0 heterocycles. The Hall–Kier alpha value is -0.960. The van der Waals surface area contributed by atoms with Crippen molar-refractivity contribution in [1.29, 1.82) is 0 Å². The van der Waals surface area contributed by atoms with Gasteiger partial charge in [0.1, 0.15) is 11.4 Å². The zero-order chi connectivity index (χ0) is 12.2. The SMILES string of the molecule is COc1cc(C(C)(CN)OP)ccc1C=O. The first kappa shape index (κ1) is 13.1. The van der Waals surface area contributed by atoms with Crippen molar-refractivity contribution in [3.05, 3.63) is 29.3 Å². The van der Waals surface area contributed by atoms with Crippen molar-refractivity contribution in [3.8, 4) is 5.75 Å². The van der Waals surface area contributed by atoms with Crippen molar-refractivity contribution in [2.45, 2.75) is 12.5 Å². The molecule has 0 bridgehead atoms. The van der Waals surface area contributed by atoms with E-state index < -0.39 is 5.60 Å². The predicted octanol–water partition coefficient (Wildman–Crippen LogP) is 1.49. The number of hydrogen-bond donors (Lipinski definition) is 1. The lowest BCUT2D eigenvalue weighted by molar-refractivity contribution is 0.111. The number of ether oxygens (including phenoxy) is 1. The number of benzene rings is 1. The van der Waals surface area contributed by atoms with E-state index in [-0.39, 0.29) is 0 Å². The molecule has 16 heavy (non-hydrogen) atoms. The molecule has 0 aliphatic heterocycles. The van der Waals surface area contributed by atoms with Gasteiger partial charge >= 0.3 is 0 Å². The maximum absolute atomic E-state index is 10.7. The fraction of sp³-hybridized carbons (Fsp3) is 0.364. The molecule has 4 nitrogen and oxygen atoms in total. The molecule has 1 aromatic rings. The second-order valence-electron chi connectivity index (χ2n) is 3.63. The van der Waals surface area contributed by atoms with E-state index in [4.69, 9.17) is 15.0 Å². The van der Waals surface area contributed by atoms with Crippen LogP contribution in [0, 0.1) is 0 Å². The number of rotatable bonds is 5. The minimum Gasteiger partial charge on any atom is -0.496 e. The lowest BCUT2D eigenvalue weighted by Gasteiger charge is -2.27. The number of hydrogen-bond acceptors (Lipinski definition) is 4. The van der Waals surface area contributed by atoms with Crippen molar-refractivity contribution < 1.29 is 14.1 Å². The highest BCUT2D eigenvalue weighted by Gasteiger charge is 2.25. The van der Waals surface area contributed by atoms with Gasteiger partial charge in [-0.05, 0) is 24.6 Å². The number of carbonyl (C=O) groups is 1. The van der Waals surface area contributed by atoms with Gasteiger partial charge in [-0.2, -0.15) is 0 Å². The van der Waals surface area contributed by atoms with E-state index in [1.165, 1.54) is 7.11 Å². The van der Waals surface area contributed by atoms with E-state index in [2.05, 4.69) is 9.47 Å². The Morgan fingerprint density at radius 3 is 2.69 bits per heavy atom. The van der Waals surface area contributed by atoms with Crippen molar-refractivity contribution in [1.82, 2.24) is 0 Å². The van der Waals surface area contributed by atoms with Gasteiger partial charge in [-0.3, -0.25) is 4.79 Å². The molecule has 0 spiro atoms. The second-order valence-corrected chi connectivity index (χ2v) is 3.86. The van der Waals surface area contributed by atoms with Crippen LogP contribution in [0.5, 0.6) is 5.75 Å². The minimum atomic E-state index is -0.598. The Balaban J connectivity index is 3.21. The highest BCUT2D eigenvalue weighted by Crippen LogP contribution is 2.30. The molecule has 1 rings (SSSR count). The molecule has 0 aromatic heterocycles. The van der Waals surface area contributed by atoms with Gasteiger partial charge in [0.15, 0.2) is 6.29 Å². The molecule has 0 aliphatic carbocycles. The summed E-state index contributed by atoms with van der Waals surface area (Å²) >= 11 is 0. The van der Waals surface area contributed by atoms with E-state index in [0.717, 1.165) is 11.8 Å². The van der Waals surface area contributed by atoms with Crippen LogP contribution in [0.1, 0.15) is 22.8 Å². The molecule has 2 unspecified atom stereocenters. The molecule has 0 amide bonds. The molecule has 0 saturated carbocycles. The van der Waals surface area contributed by atoms with Crippen LogP contribution in [-0.4, -0.2) is 19.9 Å². The van der Waals surface area contributed by atoms with Gasteiger partial charge in [0, 0.05) is 16.0 Å². The number of carbonyl (C=O) groups excluding carboxylic acids is 1. The van der Waals surface area contributed by atoms with Crippen LogP contribution in [0.4, 0.5) is 0 Å². The molecular formula is C11H16NO3P. The third-order valence-corrected chi connectivity index (χ3v) is 3.14. The molecule has 88 valence electrons. The smallest absolute Gasteiger partial charge is 0.153 e. The van der Waals surface area contributed by atoms with E-state index in [0.29, 0.717) is 17.9 Å². The molecule has 2 N–H and O–H groups in total. The molecule has 1 aromatic carbocycles. The highest BCUT2D eigenvalue weighted by atomic mass is 31.0. The maximum atomic E-state index is 10.7. The van der Waals surface area contributed by atoms with Crippen molar-refractivity contribution in [3.63, 3.8) is 0 Å². The standard InChI is InChI=1S/C11H16NO3P/c1-11(7-12,15-16)9-4-3-8(6-13)10(5-9)14-2/h3-6H,7,12,16H2,1-2H3. The second kappa shape index (κ2) is 5.39.